The molecule has 0 aromatic heterocycles. The molecule has 6 heteroatoms. The highest BCUT2D eigenvalue weighted by molar-refractivity contribution is 5.94. The van der Waals surface area contributed by atoms with E-state index in [9.17, 15) is 9.59 Å². The maximum atomic E-state index is 12.2. The molecule has 20 heavy (non-hydrogen) atoms. The number of carbonyl (C=O) groups excluding carboxylic acids is 2. The molecule has 0 fully saturated rings. The first-order valence-electron chi connectivity index (χ1n) is 6.60. The van der Waals surface area contributed by atoms with Crippen LogP contribution >= 0.6 is 0 Å². The van der Waals surface area contributed by atoms with Crippen LogP contribution in [-0.4, -0.2) is 41.6 Å². The molecular formula is C14H21N3O3. The van der Waals surface area contributed by atoms with Crippen LogP contribution in [0.2, 0.25) is 0 Å². The molecule has 0 saturated heterocycles. The highest BCUT2D eigenvalue weighted by Crippen LogP contribution is 2.08. The van der Waals surface area contributed by atoms with Crippen molar-refractivity contribution in [1.82, 2.24) is 10.2 Å². The summed E-state index contributed by atoms with van der Waals surface area (Å²) in [5, 5.41) is 11.3. The van der Waals surface area contributed by atoms with Gasteiger partial charge < -0.3 is 21.1 Å². The average Bonchev–Trinajstić information content (AvgIpc) is 2.46. The van der Waals surface area contributed by atoms with E-state index in [1.54, 1.807) is 29.2 Å². The Morgan fingerprint density at radius 2 is 1.95 bits per heavy atom. The molecule has 0 unspecified atom stereocenters. The second kappa shape index (κ2) is 8.16. The van der Waals surface area contributed by atoms with Crippen LogP contribution in [0.1, 0.15) is 29.3 Å². The molecule has 6 nitrogen and oxygen atoms in total. The van der Waals surface area contributed by atoms with Crippen LogP contribution < -0.4 is 11.1 Å². The van der Waals surface area contributed by atoms with Crippen molar-refractivity contribution in [2.24, 2.45) is 5.73 Å². The molecule has 4 N–H and O–H groups in total. The highest BCUT2D eigenvalue weighted by atomic mass is 16.3. The monoisotopic (exact) mass is 279 g/mol. The summed E-state index contributed by atoms with van der Waals surface area (Å²) in [5.41, 5.74) is 6.46. The van der Waals surface area contributed by atoms with Gasteiger partial charge in [-0.25, -0.2) is 4.79 Å². The van der Waals surface area contributed by atoms with E-state index in [4.69, 9.17) is 10.8 Å². The SMILES string of the molecule is CCN(CCCO)C(=O)c1ccc(CNC(N)=O)cc1. The number of aliphatic hydroxyl groups is 1. The Balaban J connectivity index is 2.66. The second-order valence-electron chi connectivity index (χ2n) is 4.38. The molecule has 0 bridgehead atoms. The van der Waals surface area contributed by atoms with Gasteiger partial charge in [0.15, 0.2) is 0 Å². The van der Waals surface area contributed by atoms with Crippen molar-refractivity contribution in [3.63, 3.8) is 0 Å². The summed E-state index contributed by atoms with van der Waals surface area (Å²) in [7, 11) is 0. The van der Waals surface area contributed by atoms with Crippen LogP contribution in [0, 0.1) is 0 Å². The predicted molar refractivity (Wildman–Crippen MR) is 76.1 cm³/mol. The number of nitrogens with two attached hydrogens (primary N) is 1. The van der Waals surface area contributed by atoms with Gasteiger partial charge in [0.1, 0.15) is 0 Å². The summed E-state index contributed by atoms with van der Waals surface area (Å²) < 4.78 is 0. The van der Waals surface area contributed by atoms with E-state index in [-0.39, 0.29) is 12.5 Å². The fourth-order valence-electron chi connectivity index (χ4n) is 1.80. The number of urea groups is 1. The smallest absolute Gasteiger partial charge is 0.312 e. The molecule has 0 heterocycles. The lowest BCUT2D eigenvalue weighted by molar-refractivity contribution is 0.0754. The Bertz CT molecular complexity index is 445. The van der Waals surface area contributed by atoms with Gasteiger partial charge in [-0.05, 0) is 31.0 Å². The van der Waals surface area contributed by atoms with Crippen LogP contribution in [0.15, 0.2) is 24.3 Å². The zero-order valence-electron chi connectivity index (χ0n) is 11.6. The Labute approximate surface area is 118 Å². The molecule has 1 aromatic carbocycles. The van der Waals surface area contributed by atoms with Gasteiger partial charge in [0.25, 0.3) is 5.91 Å². The number of hydrogen-bond acceptors (Lipinski definition) is 3. The number of carbonyl (C=O) groups is 2. The molecule has 0 radical (unpaired) electrons. The molecule has 0 aliphatic rings. The van der Waals surface area contributed by atoms with Crippen molar-refractivity contribution >= 4 is 11.9 Å². The van der Waals surface area contributed by atoms with Crippen LogP contribution in [0.3, 0.4) is 0 Å². The molecule has 1 aromatic rings. The average molecular weight is 279 g/mol. The highest BCUT2D eigenvalue weighted by Gasteiger charge is 2.13. The Morgan fingerprint density at radius 1 is 1.30 bits per heavy atom. The molecule has 0 spiro atoms. The van der Waals surface area contributed by atoms with Crippen LogP contribution in [-0.2, 0) is 6.54 Å². The largest absolute Gasteiger partial charge is 0.396 e. The number of nitrogens with zero attached hydrogens (tertiary/aromatic N) is 1. The van der Waals surface area contributed by atoms with Crippen molar-refractivity contribution in [3.05, 3.63) is 35.4 Å². The number of hydrogen-bond donors (Lipinski definition) is 3. The molecule has 3 amide bonds. The summed E-state index contributed by atoms with van der Waals surface area (Å²) in [6.45, 7) is 3.45. The third-order valence-corrected chi connectivity index (χ3v) is 2.92. The second-order valence-corrected chi connectivity index (χ2v) is 4.38. The van der Waals surface area contributed by atoms with E-state index in [1.807, 2.05) is 6.92 Å². The Morgan fingerprint density at radius 3 is 2.45 bits per heavy atom. The molecule has 0 aliphatic carbocycles. The lowest BCUT2D eigenvalue weighted by Gasteiger charge is -2.20. The van der Waals surface area contributed by atoms with Gasteiger partial charge in [0.05, 0.1) is 0 Å². The first-order chi connectivity index (χ1) is 9.58. The molecule has 1 rings (SSSR count). The first-order valence-corrected chi connectivity index (χ1v) is 6.60. The van der Waals surface area contributed by atoms with Gasteiger partial charge in [-0.1, -0.05) is 12.1 Å². The maximum Gasteiger partial charge on any atom is 0.312 e. The fourth-order valence-corrected chi connectivity index (χ4v) is 1.80. The zero-order valence-corrected chi connectivity index (χ0v) is 11.6. The third kappa shape index (κ3) is 4.89. The van der Waals surface area contributed by atoms with E-state index in [0.717, 1.165) is 5.56 Å². The van der Waals surface area contributed by atoms with Gasteiger partial charge in [-0.2, -0.15) is 0 Å². The van der Waals surface area contributed by atoms with Crippen molar-refractivity contribution in [3.8, 4) is 0 Å². The summed E-state index contributed by atoms with van der Waals surface area (Å²) in [6.07, 6.45) is 0.570. The molecule has 0 atom stereocenters. The standard InChI is InChI=1S/C14H21N3O3/c1-2-17(8-3-9-18)13(19)12-6-4-11(5-7-12)10-16-14(15)20/h4-7,18H,2-3,8-10H2,1H3,(H3,15,16,20). The third-order valence-electron chi connectivity index (χ3n) is 2.92. The van der Waals surface area contributed by atoms with Crippen molar-refractivity contribution in [1.29, 1.82) is 0 Å². The Hall–Kier alpha value is -2.08. The number of amides is 3. The summed E-state index contributed by atoms with van der Waals surface area (Å²) in [4.78, 5) is 24.5. The predicted octanol–water partition coefficient (Wildman–Crippen LogP) is 0.699. The maximum absolute atomic E-state index is 12.2. The normalized spacial score (nSPS) is 10.1. The van der Waals surface area contributed by atoms with Crippen molar-refractivity contribution in [2.45, 2.75) is 19.9 Å². The Kier molecular flexibility index (Phi) is 6.52. The summed E-state index contributed by atoms with van der Waals surface area (Å²) in [5.74, 6) is -0.0599. The quantitative estimate of drug-likeness (QED) is 0.685. The molecule has 110 valence electrons. The number of rotatable bonds is 7. The summed E-state index contributed by atoms with van der Waals surface area (Å²) in [6, 6.07) is 6.43. The first kappa shape index (κ1) is 16.0. The van der Waals surface area contributed by atoms with Crippen LogP contribution in [0.4, 0.5) is 4.79 Å². The van der Waals surface area contributed by atoms with E-state index in [2.05, 4.69) is 5.32 Å². The number of nitrogens with one attached hydrogen (secondary N) is 1. The van der Waals surface area contributed by atoms with Crippen molar-refractivity contribution in [2.75, 3.05) is 19.7 Å². The topological polar surface area (TPSA) is 95.7 Å². The van der Waals surface area contributed by atoms with Gasteiger partial charge >= 0.3 is 6.03 Å². The fraction of sp³-hybridized carbons (Fsp3) is 0.429. The number of primary amides is 1. The minimum atomic E-state index is -0.577. The number of aliphatic hydroxyl groups excluding tert-OH is 1. The minimum absolute atomic E-state index is 0.0599. The van der Waals surface area contributed by atoms with Gasteiger partial charge in [0.2, 0.25) is 0 Å². The summed E-state index contributed by atoms with van der Waals surface area (Å²) >= 11 is 0. The van der Waals surface area contributed by atoms with Gasteiger partial charge in [0, 0.05) is 31.8 Å². The zero-order chi connectivity index (χ0) is 15.0. The van der Waals surface area contributed by atoms with E-state index < -0.39 is 6.03 Å². The molecular weight excluding hydrogens is 258 g/mol. The van der Waals surface area contributed by atoms with Crippen LogP contribution in [0.5, 0.6) is 0 Å². The minimum Gasteiger partial charge on any atom is -0.396 e. The van der Waals surface area contributed by atoms with Gasteiger partial charge in [-0.15, -0.1) is 0 Å². The lowest BCUT2D eigenvalue weighted by Crippen LogP contribution is -2.32. The van der Waals surface area contributed by atoms with Crippen LogP contribution in [0.25, 0.3) is 0 Å². The molecule has 0 aliphatic heterocycles. The molecule has 0 saturated carbocycles. The van der Waals surface area contributed by atoms with E-state index in [0.29, 0.717) is 31.6 Å². The lowest BCUT2D eigenvalue weighted by atomic mass is 10.1. The van der Waals surface area contributed by atoms with Crippen molar-refractivity contribution < 1.29 is 14.7 Å². The van der Waals surface area contributed by atoms with Gasteiger partial charge in [-0.3, -0.25) is 4.79 Å². The van der Waals surface area contributed by atoms with E-state index in [1.165, 1.54) is 0 Å². The van der Waals surface area contributed by atoms with E-state index >= 15 is 0 Å². The number of benzene rings is 1.